The van der Waals surface area contributed by atoms with Crippen LogP contribution in [0.3, 0.4) is 0 Å². The number of halogens is 1. The first-order valence-electron chi connectivity index (χ1n) is 9.40. The van der Waals surface area contributed by atoms with Crippen molar-refractivity contribution in [1.29, 1.82) is 0 Å². The van der Waals surface area contributed by atoms with Crippen molar-refractivity contribution in [2.75, 3.05) is 11.3 Å². The van der Waals surface area contributed by atoms with Gasteiger partial charge in [0.25, 0.3) is 15.9 Å². The van der Waals surface area contributed by atoms with Gasteiger partial charge in [-0.2, -0.15) is 5.10 Å². The minimum absolute atomic E-state index is 0.00378. The van der Waals surface area contributed by atoms with E-state index in [-0.39, 0.29) is 16.1 Å². The lowest BCUT2D eigenvalue weighted by molar-refractivity contribution is -0.139. The fraction of sp³-hybridized carbons (Fsp3) is 0.0455. The van der Waals surface area contributed by atoms with Crippen LogP contribution in [0.25, 0.3) is 0 Å². The number of hydrazone groups is 1. The Bertz CT molecular complexity index is 1280. The van der Waals surface area contributed by atoms with Crippen molar-refractivity contribution in [1.82, 2.24) is 5.43 Å². The number of nitrogens with one attached hydrogen (secondary N) is 2. The molecular weight excluding hydrogens is 470 g/mol. The van der Waals surface area contributed by atoms with Gasteiger partial charge in [0.1, 0.15) is 5.75 Å². The third kappa shape index (κ3) is 6.79. The van der Waals surface area contributed by atoms with E-state index in [2.05, 4.69) is 15.2 Å². The number of aliphatic carboxylic acids is 1. The normalized spacial score (nSPS) is 11.2. The Morgan fingerprint density at radius 3 is 2.33 bits per heavy atom. The number of carbonyl (C=O) groups is 2. The third-order valence-electron chi connectivity index (χ3n) is 4.16. The van der Waals surface area contributed by atoms with E-state index in [9.17, 15) is 18.0 Å². The molecule has 0 radical (unpaired) electrons. The SMILES string of the molecule is O=C(O)COc1ccc(C=NNC(=O)c2ccccc2NS(=O)(=O)c2ccc(Cl)cc2)cc1. The molecule has 3 rings (SSSR count). The largest absolute Gasteiger partial charge is 0.482 e. The molecular formula is C22H18ClN3O6S. The summed E-state index contributed by atoms with van der Waals surface area (Å²) in [5.74, 6) is -1.33. The highest BCUT2D eigenvalue weighted by Gasteiger charge is 2.18. The smallest absolute Gasteiger partial charge is 0.341 e. The molecule has 11 heteroatoms. The molecule has 1 amide bonds. The van der Waals surface area contributed by atoms with Crippen LogP contribution in [0.2, 0.25) is 5.02 Å². The Hall–Kier alpha value is -3.89. The van der Waals surface area contributed by atoms with Crippen molar-refractivity contribution < 1.29 is 27.9 Å². The quantitative estimate of drug-likeness (QED) is 0.313. The summed E-state index contributed by atoms with van der Waals surface area (Å²) in [6.45, 7) is -0.454. The zero-order valence-electron chi connectivity index (χ0n) is 16.9. The number of para-hydroxylation sites is 1. The minimum atomic E-state index is -3.94. The number of amides is 1. The van der Waals surface area contributed by atoms with Crippen LogP contribution >= 0.6 is 11.6 Å². The molecule has 0 spiro atoms. The first-order chi connectivity index (χ1) is 15.7. The van der Waals surface area contributed by atoms with E-state index in [4.69, 9.17) is 21.4 Å². The molecule has 3 N–H and O–H groups in total. The van der Waals surface area contributed by atoms with Crippen molar-refractivity contribution in [3.05, 3.63) is 88.9 Å². The van der Waals surface area contributed by atoms with Crippen molar-refractivity contribution in [2.45, 2.75) is 4.90 Å². The number of carbonyl (C=O) groups excluding carboxylic acids is 1. The number of ether oxygens (including phenoxy) is 1. The summed E-state index contributed by atoms with van der Waals surface area (Å²) in [5.41, 5.74) is 3.12. The second kappa shape index (κ2) is 10.6. The van der Waals surface area contributed by atoms with E-state index in [1.54, 1.807) is 36.4 Å². The molecule has 0 aliphatic rings. The molecule has 0 unspecified atom stereocenters. The van der Waals surface area contributed by atoms with Gasteiger partial charge in [-0.05, 0) is 66.2 Å². The highest BCUT2D eigenvalue weighted by molar-refractivity contribution is 7.92. The summed E-state index contributed by atoms with van der Waals surface area (Å²) in [6, 6.07) is 18.1. The van der Waals surface area contributed by atoms with Crippen LogP contribution in [0.15, 0.2) is 82.8 Å². The lowest BCUT2D eigenvalue weighted by Gasteiger charge is -2.11. The highest BCUT2D eigenvalue weighted by Crippen LogP contribution is 2.21. The molecule has 0 saturated heterocycles. The molecule has 0 fully saturated rings. The number of nitrogens with zero attached hydrogens (tertiary/aromatic N) is 1. The average Bonchev–Trinajstić information content (AvgIpc) is 2.79. The van der Waals surface area contributed by atoms with Gasteiger partial charge in [-0.3, -0.25) is 9.52 Å². The molecule has 0 aliphatic heterocycles. The van der Waals surface area contributed by atoms with E-state index < -0.39 is 28.5 Å². The third-order valence-corrected chi connectivity index (χ3v) is 5.80. The van der Waals surface area contributed by atoms with E-state index in [0.29, 0.717) is 16.3 Å². The highest BCUT2D eigenvalue weighted by atomic mass is 35.5. The molecule has 33 heavy (non-hydrogen) atoms. The Balaban J connectivity index is 1.67. The zero-order valence-corrected chi connectivity index (χ0v) is 18.5. The zero-order chi connectivity index (χ0) is 23.8. The molecule has 0 aromatic heterocycles. The number of hydrogen-bond acceptors (Lipinski definition) is 6. The van der Waals surface area contributed by atoms with E-state index in [0.717, 1.165) is 0 Å². The van der Waals surface area contributed by atoms with Crippen molar-refractivity contribution in [2.24, 2.45) is 5.10 Å². The van der Waals surface area contributed by atoms with Gasteiger partial charge < -0.3 is 9.84 Å². The molecule has 0 heterocycles. The number of sulfonamides is 1. The summed E-state index contributed by atoms with van der Waals surface area (Å²) in [6.07, 6.45) is 1.37. The molecule has 9 nitrogen and oxygen atoms in total. The number of anilines is 1. The Morgan fingerprint density at radius 1 is 1.00 bits per heavy atom. The van der Waals surface area contributed by atoms with Crippen LogP contribution in [0.1, 0.15) is 15.9 Å². The van der Waals surface area contributed by atoms with E-state index >= 15 is 0 Å². The Labute approximate surface area is 194 Å². The van der Waals surface area contributed by atoms with Gasteiger partial charge >= 0.3 is 5.97 Å². The van der Waals surface area contributed by atoms with E-state index in [1.807, 2.05) is 0 Å². The van der Waals surface area contributed by atoms with Crippen LogP contribution in [0.4, 0.5) is 5.69 Å². The summed E-state index contributed by atoms with van der Waals surface area (Å²) in [4.78, 5) is 23.1. The average molecular weight is 488 g/mol. The monoisotopic (exact) mass is 487 g/mol. The predicted molar refractivity (Wildman–Crippen MR) is 123 cm³/mol. The number of carboxylic acid groups (broad SMARTS) is 1. The molecule has 0 bridgehead atoms. The van der Waals surface area contributed by atoms with E-state index in [1.165, 1.54) is 42.6 Å². The topological polar surface area (TPSA) is 134 Å². The van der Waals surface area contributed by atoms with Crippen LogP contribution < -0.4 is 14.9 Å². The molecule has 0 saturated carbocycles. The maximum atomic E-state index is 12.6. The van der Waals surface area contributed by atoms with Gasteiger partial charge in [-0.15, -0.1) is 0 Å². The molecule has 0 atom stereocenters. The van der Waals surface area contributed by atoms with Crippen molar-refractivity contribution in [3.63, 3.8) is 0 Å². The van der Waals surface area contributed by atoms with Crippen LogP contribution in [0, 0.1) is 0 Å². The lowest BCUT2D eigenvalue weighted by atomic mass is 10.2. The second-order valence-corrected chi connectivity index (χ2v) is 8.67. The van der Waals surface area contributed by atoms with Crippen molar-refractivity contribution in [3.8, 4) is 5.75 Å². The van der Waals surface area contributed by atoms with Crippen LogP contribution in [-0.4, -0.2) is 38.2 Å². The fourth-order valence-electron chi connectivity index (χ4n) is 2.61. The van der Waals surface area contributed by atoms with Gasteiger partial charge in [-0.1, -0.05) is 23.7 Å². The number of rotatable bonds is 9. The maximum absolute atomic E-state index is 12.6. The maximum Gasteiger partial charge on any atom is 0.341 e. The number of carboxylic acids is 1. The summed E-state index contributed by atoms with van der Waals surface area (Å²) < 4.78 is 32.7. The van der Waals surface area contributed by atoms with Crippen molar-refractivity contribution >= 4 is 45.4 Å². The van der Waals surface area contributed by atoms with Crippen LogP contribution in [0.5, 0.6) is 5.75 Å². The second-order valence-electron chi connectivity index (χ2n) is 6.56. The molecule has 170 valence electrons. The molecule has 3 aromatic carbocycles. The first-order valence-corrected chi connectivity index (χ1v) is 11.3. The van der Waals surface area contributed by atoms with Gasteiger partial charge in [-0.25, -0.2) is 18.6 Å². The number of benzene rings is 3. The number of hydrogen-bond donors (Lipinski definition) is 3. The van der Waals surface area contributed by atoms with Gasteiger partial charge in [0.05, 0.1) is 22.4 Å². The standard InChI is InChI=1S/C22H18ClN3O6S/c23-16-7-11-18(12-8-16)33(30,31)26-20-4-2-1-3-19(20)22(29)25-24-13-15-5-9-17(10-6-15)32-14-21(27)28/h1-13,26H,14H2,(H,25,29)(H,27,28). The predicted octanol–water partition coefficient (Wildman–Crippen LogP) is 3.37. The Morgan fingerprint density at radius 2 is 1.67 bits per heavy atom. The summed E-state index contributed by atoms with van der Waals surface area (Å²) in [7, 11) is -3.94. The van der Waals surface area contributed by atoms with Gasteiger partial charge in [0.15, 0.2) is 6.61 Å². The Kier molecular flexibility index (Phi) is 7.65. The first kappa shape index (κ1) is 23.8. The molecule has 3 aromatic rings. The minimum Gasteiger partial charge on any atom is -0.482 e. The fourth-order valence-corrected chi connectivity index (χ4v) is 3.81. The van der Waals surface area contributed by atoms with Gasteiger partial charge in [0, 0.05) is 5.02 Å². The van der Waals surface area contributed by atoms with Gasteiger partial charge in [0.2, 0.25) is 0 Å². The lowest BCUT2D eigenvalue weighted by Crippen LogP contribution is -2.21. The summed E-state index contributed by atoms with van der Waals surface area (Å²) in [5, 5.41) is 12.9. The summed E-state index contributed by atoms with van der Waals surface area (Å²) >= 11 is 5.81. The van der Waals surface area contributed by atoms with Crippen LogP contribution in [-0.2, 0) is 14.8 Å². The molecule has 0 aliphatic carbocycles.